The summed E-state index contributed by atoms with van der Waals surface area (Å²) in [6.07, 6.45) is 53.0. The maximum absolute atomic E-state index is 12.0. The van der Waals surface area contributed by atoms with Crippen LogP contribution in [0.5, 0.6) is 0 Å². The van der Waals surface area contributed by atoms with E-state index in [-0.39, 0.29) is 5.97 Å². The highest BCUT2D eigenvalue weighted by molar-refractivity contribution is 5.69. The fourth-order valence-electron chi connectivity index (χ4n) is 6.61. The van der Waals surface area contributed by atoms with Gasteiger partial charge in [-0.1, -0.05) is 219 Å². The van der Waals surface area contributed by atoms with E-state index in [0.717, 1.165) is 18.8 Å². The maximum Gasteiger partial charge on any atom is 0.305 e. The van der Waals surface area contributed by atoms with Gasteiger partial charge in [0.2, 0.25) is 0 Å². The Labute approximate surface area is 291 Å². The lowest BCUT2D eigenvalue weighted by Crippen LogP contribution is -2.05. The SMILES string of the molecule is CCCCCCC=CCCCCCCCCCCCC(=O)OCCCCCCCCCCCCCCCCCCCCCC(C)C. The van der Waals surface area contributed by atoms with Crippen molar-refractivity contribution < 1.29 is 9.53 Å². The second-order valence-corrected chi connectivity index (χ2v) is 15.2. The monoisotopic (exact) mass is 647 g/mol. The molecule has 0 saturated heterocycles. The highest BCUT2D eigenvalue weighted by Crippen LogP contribution is 2.16. The highest BCUT2D eigenvalue weighted by atomic mass is 16.5. The lowest BCUT2D eigenvalue weighted by molar-refractivity contribution is -0.143. The minimum absolute atomic E-state index is 0.0258. The summed E-state index contributed by atoms with van der Waals surface area (Å²) in [7, 11) is 0. The van der Waals surface area contributed by atoms with Crippen LogP contribution in [0.1, 0.15) is 252 Å². The molecule has 0 aliphatic heterocycles. The molecule has 2 heteroatoms. The molecule has 0 aromatic carbocycles. The van der Waals surface area contributed by atoms with Gasteiger partial charge in [0.1, 0.15) is 0 Å². The molecular weight excluding hydrogens is 560 g/mol. The van der Waals surface area contributed by atoms with Gasteiger partial charge in [-0.05, 0) is 44.4 Å². The minimum atomic E-state index is 0.0258. The molecule has 0 radical (unpaired) electrons. The summed E-state index contributed by atoms with van der Waals surface area (Å²) in [6, 6.07) is 0. The summed E-state index contributed by atoms with van der Waals surface area (Å²) in [5.74, 6) is 0.908. The molecule has 0 aliphatic carbocycles. The highest BCUT2D eigenvalue weighted by Gasteiger charge is 2.03. The normalized spacial score (nSPS) is 11.7. The molecule has 0 rings (SSSR count). The van der Waals surface area contributed by atoms with Gasteiger partial charge < -0.3 is 4.74 Å². The zero-order valence-corrected chi connectivity index (χ0v) is 32.2. The van der Waals surface area contributed by atoms with E-state index in [9.17, 15) is 4.79 Å². The molecule has 0 amide bonds. The second-order valence-electron chi connectivity index (χ2n) is 15.2. The molecule has 2 nitrogen and oxygen atoms in total. The predicted octanol–water partition coefficient (Wildman–Crippen LogP) is 15.8. The van der Waals surface area contributed by atoms with E-state index in [1.165, 1.54) is 212 Å². The average molecular weight is 647 g/mol. The summed E-state index contributed by atoms with van der Waals surface area (Å²) < 4.78 is 5.47. The summed E-state index contributed by atoms with van der Waals surface area (Å²) in [6.45, 7) is 7.59. The van der Waals surface area contributed by atoms with Crippen molar-refractivity contribution in [1.29, 1.82) is 0 Å². The average Bonchev–Trinajstić information content (AvgIpc) is 3.04. The van der Waals surface area contributed by atoms with Crippen LogP contribution in [0.4, 0.5) is 0 Å². The first-order valence-electron chi connectivity index (χ1n) is 21.5. The third kappa shape index (κ3) is 41.2. The molecule has 46 heavy (non-hydrogen) atoms. The number of allylic oxidation sites excluding steroid dienone is 2. The Bertz CT molecular complexity index is 595. The fraction of sp³-hybridized carbons (Fsp3) is 0.932. The molecular formula is C44H86O2. The smallest absolute Gasteiger partial charge is 0.305 e. The third-order valence-corrected chi connectivity index (χ3v) is 9.83. The number of esters is 1. The van der Waals surface area contributed by atoms with Gasteiger partial charge in [0.15, 0.2) is 0 Å². The molecule has 0 aromatic rings. The van der Waals surface area contributed by atoms with Crippen LogP contribution in [0.2, 0.25) is 0 Å². The summed E-state index contributed by atoms with van der Waals surface area (Å²) >= 11 is 0. The Morgan fingerprint density at radius 1 is 0.435 bits per heavy atom. The van der Waals surface area contributed by atoms with Crippen molar-refractivity contribution >= 4 is 5.97 Å². The van der Waals surface area contributed by atoms with Gasteiger partial charge in [-0.25, -0.2) is 0 Å². The Hall–Kier alpha value is -0.790. The largest absolute Gasteiger partial charge is 0.466 e. The number of ether oxygens (including phenoxy) is 1. The number of hydrogen-bond acceptors (Lipinski definition) is 2. The van der Waals surface area contributed by atoms with Crippen LogP contribution < -0.4 is 0 Å². The Morgan fingerprint density at radius 3 is 1.15 bits per heavy atom. The number of carbonyl (C=O) groups is 1. The number of unbranched alkanes of at least 4 members (excludes halogenated alkanes) is 31. The molecule has 0 bridgehead atoms. The van der Waals surface area contributed by atoms with Crippen molar-refractivity contribution in [3.63, 3.8) is 0 Å². The van der Waals surface area contributed by atoms with Crippen molar-refractivity contribution in [2.75, 3.05) is 6.61 Å². The van der Waals surface area contributed by atoms with E-state index in [1.54, 1.807) is 0 Å². The van der Waals surface area contributed by atoms with Crippen LogP contribution in [0.3, 0.4) is 0 Å². The summed E-state index contributed by atoms with van der Waals surface area (Å²) in [4.78, 5) is 12.0. The van der Waals surface area contributed by atoms with Crippen molar-refractivity contribution in [1.82, 2.24) is 0 Å². The standard InChI is InChI=1S/C44H86O2/c1-4-5-6-7-8-9-10-11-12-16-20-23-26-29-32-35-38-41-44(45)46-42-39-36-33-30-27-24-21-18-15-13-14-17-19-22-25-28-31-34-37-40-43(2)3/h9-10,43H,4-8,11-42H2,1-3H3. The Kier molecular flexibility index (Phi) is 39.7. The summed E-state index contributed by atoms with van der Waals surface area (Å²) in [5.41, 5.74) is 0. The molecule has 0 spiro atoms. The quantitative estimate of drug-likeness (QED) is 0.0377. The summed E-state index contributed by atoms with van der Waals surface area (Å²) in [5, 5.41) is 0. The number of hydrogen-bond donors (Lipinski definition) is 0. The van der Waals surface area contributed by atoms with Crippen molar-refractivity contribution in [3.8, 4) is 0 Å². The van der Waals surface area contributed by atoms with E-state index in [1.807, 2.05) is 0 Å². The van der Waals surface area contributed by atoms with Crippen LogP contribution in [0.25, 0.3) is 0 Å². The molecule has 0 heterocycles. The van der Waals surface area contributed by atoms with Crippen LogP contribution in [-0.4, -0.2) is 12.6 Å². The van der Waals surface area contributed by atoms with Crippen molar-refractivity contribution in [2.45, 2.75) is 252 Å². The second kappa shape index (κ2) is 40.4. The molecule has 0 fully saturated rings. The minimum Gasteiger partial charge on any atom is -0.466 e. The molecule has 0 saturated carbocycles. The Balaban J connectivity index is 3.17. The maximum atomic E-state index is 12.0. The lowest BCUT2D eigenvalue weighted by Gasteiger charge is -2.06. The van der Waals surface area contributed by atoms with Crippen LogP contribution in [-0.2, 0) is 9.53 Å². The zero-order chi connectivity index (χ0) is 33.4. The van der Waals surface area contributed by atoms with Crippen LogP contribution in [0.15, 0.2) is 12.2 Å². The van der Waals surface area contributed by atoms with Crippen LogP contribution >= 0.6 is 0 Å². The van der Waals surface area contributed by atoms with E-state index in [2.05, 4.69) is 32.9 Å². The number of carbonyl (C=O) groups excluding carboxylic acids is 1. The van der Waals surface area contributed by atoms with Crippen molar-refractivity contribution in [3.05, 3.63) is 12.2 Å². The molecule has 0 unspecified atom stereocenters. The first kappa shape index (κ1) is 45.2. The van der Waals surface area contributed by atoms with Gasteiger partial charge >= 0.3 is 5.97 Å². The number of rotatable bonds is 39. The van der Waals surface area contributed by atoms with Gasteiger partial charge in [0.05, 0.1) is 6.61 Å². The predicted molar refractivity (Wildman–Crippen MR) is 207 cm³/mol. The topological polar surface area (TPSA) is 26.3 Å². The first-order valence-corrected chi connectivity index (χ1v) is 21.5. The van der Waals surface area contributed by atoms with E-state index >= 15 is 0 Å². The molecule has 0 aliphatic rings. The van der Waals surface area contributed by atoms with Gasteiger partial charge in [-0.15, -0.1) is 0 Å². The first-order chi connectivity index (χ1) is 22.7. The van der Waals surface area contributed by atoms with E-state index in [0.29, 0.717) is 13.0 Å². The van der Waals surface area contributed by atoms with Gasteiger partial charge in [-0.2, -0.15) is 0 Å². The zero-order valence-electron chi connectivity index (χ0n) is 32.2. The van der Waals surface area contributed by atoms with Crippen LogP contribution in [0, 0.1) is 5.92 Å². The van der Waals surface area contributed by atoms with Gasteiger partial charge in [-0.3, -0.25) is 4.79 Å². The van der Waals surface area contributed by atoms with Gasteiger partial charge in [0, 0.05) is 6.42 Å². The fourth-order valence-corrected chi connectivity index (χ4v) is 6.61. The van der Waals surface area contributed by atoms with E-state index < -0.39 is 0 Å². The molecule has 0 aromatic heterocycles. The molecule has 274 valence electrons. The van der Waals surface area contributed by atoms with Crippen molar-refractivity contribution in [2.24, 2.45) is 5.92 Å². The Morgan fingerprint density at radius 2 is 0.761 bits per heavy atom. The third-order valence-electron chi connectivity index (χ3n) is 9.83. The molecule has 0 N–H and O–H groups in total. The van der Waals surface area contributed by atoms with Gasteiger partial charge in [0.25, 0.3) is 0 Å². The lowest BCUT2D eigenvalue weighted by atomic mass is 10.0. The van der Waals surface area contributed by atoms with E-state index in [4.69, 9.17) is 4.74 Å². The molecule has 0 atom stereocenters.